The first kappa shape index (κ1) is 12.6. The minimum absolute atomic E-state index is 0.0289. The van der Waals surface area contributed by atoms with Gasteiger partial charge in [-0.1, -0.05) is 37.5 Å². The number of aliphatic carboxylic acids is 1. The molecule has 1 aromatic carbocycles. The van der Waals surface area contributed by atoms with Crippen molar-refractivity contribution in [2.75, 3.05) is 0 Å². The lowest BCUT2D eigenvalue weighted by molar-refractivity contribution is -0.142. The summed E-state index contributed by atoms with van der Waals surface area (Å²) < 4.78 is 0. The molecule has 1 aromatic rings. The first-order chi connectivity index (χ1) is 7.70. The van der Waals surface area contributed by atoms with Crippen LogP contribution >= 0.6 is 0 Å². The molecule has 0 aromatic heterocycles. The second-order valence-electron chi connectivity index (χ2n) is 4.01. The Morgan fingerprint density at radius 2 is 1.62 bits per heavy atom. The lowest BCUT2D eigenvalue weighted by Crippen LogP contribution is -2.16. The van der Waals surface area contributed by atoms with Gasteiger partial charge in [-0.05, 0) is 25.0 Å². The van der Waals surface area contributed by atoms with Crippen LogP contribution in [0.15, 0.2) is 30.3 Å². The summed E-state index contributed by atoms with van der Waals surface area (Å²) >= 11 is 0. The summed E-state index contributed by atoms with van der Waals surface area (Å²) in [6.07, 6.45) is 5.24. The third-order valence-electron chi connectivity index (χ3n) is 2.71. The smallest absolute Gasteiger partial charge is 0.306 e. The summed E-state index contributed by atoms with van der Waals surface area (Å²) in [5.74, 6) is -0.309. The first-order valence-corrected chi connectivity index (χ1v) is 5.67. The van der Waals surface area contributed by atoms with Gasteiger partial charge in [-0.3, -0.25) is 4.79 Å². The molecule has 0 aliphatic heterocycles. The topological polar surface area (TPSA) is 57.5 Å². The average Bonchev–Trinajstić information content (AvgIpc) is 2.32. The van der Waals surface area contributed by atoms with Crippen LogP contribution in [0.1, 0.15) is 32.1 Å². The molecule has 1 fully saturated rings. The molecule has 16 heavy (non-hydrogen) atoms. The normalized spacial score (nSPS) is 16.0. The summed E-state index contributed by atoms with van der Waals surface area (Å²) in [5, 5.41) is 17.2. The third kappa shape index (κ3) is 4.82. The Kier molecular flexibility index (Phi) is 5.40. The lowest BCUT2D eigenvalue weighted by atomic mass is 9.90. The summed E-state index contributed by atoms with van der Waals surface area (Å²) in [6, 6.07) is 8.71. The van der Waals surface area contributed by atoms with Crippen LogP contribution < -0.4 is 0 Å². The number of benzene rings is 1. The number of para-hydroxylation sites is 1. The van der Waals surface area contributed by atoms with Gasteiger partial charge in [0.1, 0.15) is 5.75 Å². The van der Waals surface area contributed by atoms with Crippen molar-refractivity contribution in [3.05, 3.63) is 30.3 Å². The highest BCUT2D eigenvalue weighted by Gasteiger charge is 2.19. The van der Waals surface area contributed by atoms with Crippen molar-refractivity contribution < 1.29 is 15.0 Å². The van der Waals surface area contributed by atoms with Crippen molar-refractivity contribution in [1.82, 2.24) is 0 Å². The Bertz CT molecular complexity index is 302. The largest absolute Gasteiger partial charge is 0.508 e. The maximum Gasteiger partial charge on any atom is 0.306 e. The van der Waals surface area contributed by atoms with E-state index in [0.29, 0.717) is 5.75 Å². The second kappa shape index (κ2) is 6.88. The van der Waals surface area contributed by atoms with Crippen LogP contribution in [0.4, 0.5) is 0 Å². The molecule has 0 saturated heterocycles. The zero-order valence-electron chi connectivity index (χ0n) is 9.30. The van der Waals surface area contributed by atoms with E-state index in [1.54, 1.807) is 24.3 Å². The lowest BCUT2D eigenvalue weighted by Gasteiger charge is -2.16. The molecule has 88 valence electrons. The number of hydrogen-bond acceptors (Lipinski definition) is 2. The number of carboxylic acids is 1. The summed E-state index contributed by atoms with van der Waals surface area (Å²) in [6.45, 7) is 0. The molecule has 0 heterocycles. The maximum atomic E-state index is 10.4. The molecule has 0 radical (unpaired) electrons. The van der Waals surface area contributed by atoms with Crippen LogP contribution in [0.3, 0.4) is 0 Å². The van der Waals surface area contributed by atoms with Gasteiger partial charge in [0.2, 0.25) is 0 Å². The number of carbonyl (C=O) groups is 1. The Morgan fingerprint density at radius 1 is 1.06 bits per heavy atom. The van der Waals surface area contributed by atoms with E-state index in [4.69, 9.17) is 10.2 Å². The van der Waals surface area contributed by atoms with Crippen molar-refractivity contribution in [1.29, 1.82) is 0 Å². The van der Waals surface area contributed by atoms with E-state index < -0.39 is 5.97 Å². The van der Waals surface area contributed by atoms with Crippen LogP contribution in [-0.4, -0.2) is 16.2 Å². The van der Waals surface area contributed by atoms with E-state index in [2.05, 4.69) is 0 Å². The highest BCUT2D eigenvalue weighted by atomic mass is 16.4. The first-order valence-electron chi connectivity index (χ1n) is 5.67. The molecule has 1 saturated carbocycles. The van der Waals surface area contributed by atoms with Gasteiger partial charge < -0.3 is 10.2 Å². The Hall–Kier alpha value is -1.51. The van der Waals surface area contributed by atoms with E-state index >= 15 is 0 Å². The molecule has 0 unspecified atom stereocenters. The molecular formula is C13H18O3. The molecule has 2 N–H and O–H groups in total. The summed E-state index contributed by atoms with van der Waals surface area (Å²) in [4.78, 5) is 10.4. The SMILES string of the molecule is O=C(O)C1CCCCC1.Oc1ccccc1. The molecule has 1 aliphatic carbocycles. The zero-order chi connectivity index (χ0) is 11.8. The van der Waals surface area contributed by atoms with Crippen LogP contribution in [-0.2, 0) is 4.79 Å². The van der Waals surface area contributed by atoms with Gasteiger partial charge in [-0.25, -0.2) is 0 Å². The van der Waals surface area contributed by atoms with Crippen molar-refractivity contribution >= 4 is 5.97 Å². The van der Waals surface area contributed by atoms with Gasteiger partial charge in [-0.2, -0.15) is 0 Å². The van der Waals surface area contributed by atoms with Gasteiger partial charge >= 0.3 is 5.97 Å². The van der Waals surface area contributed by atoms with E-state index in [-0.39, 0.29) is 5.92 Å². The van der Waals surface area contributed by atoms with Crippen LogP contribution in [0, 0.1) is 5.92 Å². The second-order valence-corrected chi connectivity index (χ2v) is 4.01. The Balaban J connectivity index is 0.000000165. The minimum atomic E-state index is -0.602. The van der Waals surface area contributed by atoms with E-state index in [1.165, 1.54) is 6.42 Å². The number of carboxylic acid groups (broad SMARTS) is 1. The van der Waals surface area contributed by atoms with Gasteiger partial charge in [-0.15, -0.1) is 0 Å². The third-order valence-corrected chi connectivity index (χ3v) is 2.71. The number of aromatic hydroxyl groups is 1. The predicted molar refractivity (Wildman–Crippen MR) is 62.3 cm³/mol. The van der Waals surface area contributed by atoms with E-state index in [0.717, 1.165) is 25.7 Å². The monoisotopic (exact) mass is 222 g/mol. The van der Waals surface area contributed by atoms with Crippen molar-refractivity contribution in [3.8, 4) is 5.75 Å². The fourth-order valence-electron chi connectivity index (χ4n) is 1.78. The number of phenols is 1. The molecule has 0 amide bonds. The number of rotatable bonds is 1. The molecule has 0 atom stereocenters. The molecule has 1 aliphatic rings. The van der Waals surface area contributed by atoms with Gasteiger partial charge in [0.05, 0.1) is 5.92 Å². The Labute approximate surface area is 95.7 Å². The molecule has 2 rings (SSSR count). The summed E-state index contributed by atoms with van der Waals surface area (Å²) in [7, 11) is 0. The Morgan fingerprint density at radius 3 is 1.94 bits per heavy atom. The van der Waals surface area contributed by atoms with Crippen molar-refractivity contribution in [2.24, 2.45) is 5.92 Å². The molecule has 3 nitrogen and oxygen atoms in total. The molecular weight excluding hydrogens is 204 g/mol. The molecule has 0 bridgehead atoms. The number of phenolic OH excluding ortho intramolecular Hbond substituents is 1. The van der Waals surface area contributed by atoms with Gasteiger partial charge in [0, 0.05) is 0 Å². The van der Waals surface area contributed by atoms with Crippen LogP contribution in [0.25, 0.3) is 0 Å². The predicted octanol–water partition coefficient (Wildman–Crippen LogP) is 3.04. The van der Waals surface area contributed by atoms with Gasteiger partial charge in [0.15, 0.2) is 0 Å². The highest BCUT2D eigenvalue weighted by molar-refractivity contribution is 5.69. The fourth-order valence-corrected chi connectivity index (χ4v) is 1.78. The quantitative estimate of drug-likeness (QED) is 0.767. The van der Waals surface area contributed by atoms with Crippen LogP contribution in [0.2, 0.25) is 0 Å². The zero-order valence-corrected chi connectivity index (χ0v) is 9.30. The van der Waals surface area contributed by atoms with E-state index in [1.807, 2.05) is 6.07 Å². The molecule has 3 heteroatoms. The van der Waals surface area contributed by atoms with E-state index in [9.17, 15) is 4.79 Å². The standard InChI is InChI=1S/C7H12O2.C6H6O/c8-7(9)6-4-2-1-3-5-6;7-6-4-2-1-3-5-6/h6H,1-5H2,(H,8,9);1-5,7H. The highest BCUT2D eigenvalue weighted by Crippen LogP contribution is 2.23. The average molecular weight is 222 g/mol. The van der Waals surface area contributed by atoms with Crippen molar-refractivity contribution in [2.45, 2.75) is 32.1 Å². The summed E-state index contributed by atoms with van der Waals surface area (Å²) in [5.41, 5.74) is 0. The minimum Gasteiger partial charge on any atom is -0.508 e. The van der Waals surface area contributed by atoms with Gasteiger partial charge in [0.25, 0.3) is 0 Å². The number of hydrogen-bond donors (Lipinski definition) is 2. The van der Waals surface area contributed by atoms with Crippen molar-refractivity contribution in [3.63, 3.8) is 0 Å². The maximum absolute atomic E-state index is 10.4. The van der Waals surface area contributed by atoms with Crippen LogP contribution in [0.5, 0.6) is 5.75 Å². The molecule has 0 spiro atoms. The fraction of sp³-hybridized carbons (Fsp3) is 0.462.